The molecule has 0 aromatic heterocycles. The van der Waals surface area contributed by atoms with Crippen molar-refractivity contribution in [3.63, 3.8) is 0 Å². The van der Waals surface area contributed by atoms with Gasteiger partial charge in [-0.05, 0) is 42.9 Å². The first kappa shape index (κ1) is 14.7. The van der Waals surface area contributed by atoms with Crippen molar-refractivity contribution in [3.8, 4) is 0 Å². The Balaban J connectivity index is 2.69. The van der Waals surface area contributed by atoms with Gasteiger partial charge in [0.15, 0.2) is 0 Å². The van der Waals surface area contributed by atoms with Crippen LogP contribution < -0.4 is 5.73 Å². The van der Waals surface area contributed by atoms with Crippen LogP contribution in [-0.2, 0) is 0 Å². The van der Waals surface area contributed by atoms with E-state index in [1.807, 2.05) is 6.92 Å². The Kier molecular flexibility index (Phi) is 5.63. The zero-order chi connectivity index (χ0) is 13.0. The molecule has 3 N–H and O–H groups in total. The zero-order valence-corrected chi connectivity index (χ0v) is 12.4. The summed E-state index contributed by atoms with van der Waals surface area (Å²) in [6, 6.07) is 6.23. The maximum Gasteiger partial charge on any atom is 0.0696 e. The molecular weight excluding hydrogens is 278 g/mol. The lowest BCUT2D eigenvalue weighted by atomic mass is 9.91. The lowest BCUT2D eigenvalue weighted by Crippen LogP contribution is -2.34. The first-order valence-corrected chi connectivity index (χ1v) is 6.94. The molecule has 0 saturated heterocycles. The average Bonchev–Trinajstić information content (AvgIpc) is 2.31. The van der Waals surface area contributed by atoms with Gasteiger partial charge in [0.1, 0.15) is 0 Å². The van der Waals surface area contributed by atoms with Gasteiger partial charge in [0, 0.05) is 10.5 Å². The van der Waals surface area contributed by atoms with Gasteiger partial charge in [0.2, 0.25) is 0 Å². The van der Waals surface area contributed by atoms with Crippen molar-refractivity contribution in [1.29, 1.82) is 0 Å². The molecule has 0 aliphatic rings. The summed E-state index contributed by atoms with van der Waals surface area (Å²) in [7, 11) is 0. The van der Waals surface area contributed by atoms with Crippen molar-refractivity contribution < 1.29 is 5.11 Å². The summed E-state index contributed by atoms with van der Waals surface area (Å²) < 4.78 is 1.12. The fraction of sp³-hybridized carbons (Fsp3) is 0.571. The molecule has 1 rings (SSSR count). The van der Waals surface area contributed by atoms with E-state index in [-0.39, 0.29) is 6.04 Å². The number of aryl methyl sites for hydroxylation is 1. The third-order valence-corrected chi connectivity index (χ3v) is 4.18. The SMILES string of the molecule is CCC(N)C(O)CC(C)c1ccc(C)c(Br)c1. The summed E-state index contributed by atoms with van der Waals surface area (Å²) in [6.45, 7) is 6.20. The fourth-order valence-corrected chi connectivity index (χ4v) is 2.26. The third kappa shape index (κ3) is 4.09. The summed E-state index contributed by atoms with van der Waals surface area (Å²) in [5.74, 6) is 0.319. The van der Waals surface area contributed by atoms with E-state index >= 15 is 0 Å². The first-order valence-electron chi connectivity index (χ1n) is 6.15. The van der Waals surface area contributed by atoms with Gasteiger partial charge in [-0.2, -0.15) is 0 Å². The number of benzene rings is 1. The fourth-order valence-electron chi connectivity index (χ4n) is 1.86. The molecular formula is C14H22BrNO. The molecule has 17 heavy (non-hydrogen) atoms. The van der Waals surface area contributed by atoms with E-state index in [0.29, 0.717) is 12.3 Å². The highest BCUT2D eigenvalue weighted by Gasteiger charge is 2.17. The number of nitrogens with two attached hydrogens (primary N) is 1. The van der Waals surface area contributed by atoms with Crippen LogP contribution in [0.3, 0.4) is 0 Å². The van der Waals surface area contributed by atoms with Gasteiger partial charge in [-0.25, -0.2) is 0 Å². The second kappa shape index (κ2) is 6.53. The van der Waals surface area contributed by atoms with Crippen molar-refractivity contribution >= 4 is 15.9 Å². The monoisotopic (exact) mass is 299 g/mol. The predicted octanol–water partition coefficient (Wildman–Crippen LogP) is 3.35. The maximum absolute atomic E-state index is 9.94. The molecule has 0 saturated carbocycles. The minimum Gasteiger partial charge on any atom is -0.391 e. The highest BCUT2D eigenvalue weighted by atomic mass is 79.9. The normalized spacial score (nSPS) is 16.6. The van der Waals surface area contributed by atoms with Crippen molar-refractivity contribution in [2.45, 2.75) is 51.7 Å². The number of rotatable bonds is 5. The standard InChI is InChI=1S/C14H22BrNO/c1-4-13(16)14(17)7-10(3)11-6-5-9(2)12(15)8-11/h5-6,8,10,13-14,17H,4,7,16H2,1-3H3. The summed E-state index contributed by atoms with van der Waals surface area (Å²) in [5, 5.41) is 9.94. The highest BCUT2D eigenvalue weighted by molar-refractivity contribution is 9.10. The highest BCUT2D eigenvalue weighted by Crippen LogP contribution is 2.26. The van der Waals surface area contributed by atoms with E-state index in [1.165, 1.54) is 11.1 Å². The lowest BCUT2D eigenvalue weighted by molar-refractivity contribution is 0.126. The number of aliphatic hydroxyl groups excluding tert-OH is 1. The minimum absolute atomic E-state index is 0.119. The topological polar surface area (TPSA) is 46.2 Å². The number of hydrogen-bond donors (Lipinski definition) is 2. The van der Waals surface area contributed by atoms with Gasteiger partial charge in [-0.3, -0.25) is 0 Å². The first-order chi connectivity index (χ1) is 7.95. The number of halogens is 1. The quantitative estimate of drug-likeness (QED) is 0.876. The molecule has 0 amide bonds. The molecule has 0 aliphatic heterocycles. The van der Waals surface area contributed by atoms with Crippen LogP contribution in [0.4, 0.5) is 0 Å². The van der Waals surface area contributed by atoms with Crippen molar-refractivity contribution in [3.05, 3.63) is 33.8 Å². The van der Waals surface area contributed by atoms with Crippen molar-refractivity contribution in [2.75, 3.05) is 0 Å². The Labute approximate surface area is 112 Å². The van der Waals surface area contributed by atoms with E-state index in [1.54, 1.807) is 0 Å². The summed E-state index contributed by atoms with van der Waals surface area (Å²) >= 11 is 3.54. The van der Waals surface area contributed by atoms with Crippen LogP contribution in [0, 0.1) is 6.92 Å². The van der Waals surface area contributed by atoms with Crippen molar-refractivity contribution in [1.82, 2.24) is 0 Å². The van der Waals surface area contributed by atoms with Crippen LogP contribution in [-0.4, -0.2) is 17.3 Å². The van der Waals surface area contributed by atoms with E-state index in [2.05, 4.69) is 48.0 Å². The smallest absolute Gasteiger partial charge is 0.0696 e. The third-order valence-electron chi connectivity index (χ3n) is 3.33. The minimum atomic E-state index is -0.421. The molecule has 96 valence electrons. The summed E-state index contributed by atoms with van der Waals surface area (Å²) in [5.41, 5.74) is 8.31. The van der Waals surface area contributed by atoms with E-state index in [0.717, 1.165) is 10.9 Å². The van der Waals surface area contributed by atoms with Crippen LogP contribution >= 0.6 is 15.9 Å². The second-order valence-corrected chi connectivity index (χ2v) is 5.64. The van der Waals surface area contributed by atoms with Gasteiger partial charge < -0.3 is 10.8 Å². The van der Waals surface area contributed by atoms with Gasteiger partial charge >= 0.3 is 0 Å². The Morgan fingerprint density at radius 2 is 2.06 bits per heavy atom. The van der Waals surface area contributed by atoms with Crippen LogP contribution in [0.1, 0.15) is 43.7 Å². The molecule has 0 fully saturated rings. The number of hydrogen-bond acceptors (Lipinski definition) is 2. The van der Waals surface area contributed by atoms with Gasteiger partial charge in [0.25, 0.3) is 0 Å². The molecule has 0 bridgehead atoms. The molecule has 2 nitrogen and oxygen atoms in total. The molecule has 0 radical (unpaired) electrons. The molecule has 0 aliphatic carbocycles. The van der Waals surface area contributed by atoms with Crippen LogP contribution in [0.25, 0.3) is 0 Å². The average molecular weight is 300 g/mol. The Morgan fingerprint density at radius 3 is 2.59 bits per heavy atom. The largest absolute Gasteiger partial charge is 0.391 e. The maximum atomic E-state index is 9.94. The summed E-state index contributed by atoms with van der Waals surface area (Å²) in [4.78, 5) is 0. The molecule has 1 aromatic rings. The molecule has 3 heteroatoms. The van der Waals surface area contributed by atoms with Gasteiger partial charge in [-0.15, -0.1) is 0 Å². The van der Waals surface area contributed by atoms with E-state index < -0.39 is 6.10 Å². The van der Waals surface area contributed by atoms with Gasteiger partial charge in [-0.1, -0.05) is 41.9 Å². The zero-order valence-electron chi connectivity index (χ0n) is 10.8. The molecule has 1 aromatic carbocycles. The van der Waals surface area contributed by atoms with Crippen LogP contribution in [0.5, 0.6) is 0 Å². The lowest BCUT2D eigenvalue weighted by Gasteiger charge is -2.21. The Hall–Kier alpha value is -0.380. The predicted molar refractivity (Wildman–Crippen MR) is 76.2 cm³/mol. The number of aliphatic hydroxyl groups is 1. The molecule has 3 atom stereocenters. The van der Waals surface area contributed by atoms with Crippen LogP contribution in [0.2, 0.25) is 0 Å². The van der Waals surface area contributed by atoms with Crippen LogP contribution in [0.15, 0.2) is 22.7 Å². The second-order valence-electron chi connectivity index (χ2n) is 4.78. The van der Waals surface area contributed by atoms with Gasteiger partial charge in [0.05, 0.1) is 6.10 Å². The van der Waals surface area contributed by atoms with E-state index in [4.69, 9.17) is 5.73 Å². The Bertz CT molecular complexity index is 367. The summed E-state index contributed by atoms with van der Waals surface area (Å²) in [6.07, 6.45) is 1.10. The molecule has 3 unspecified atom stereocenters. The Morgan fingerprint density at radius 1 is 1.41 bits per heavy atom. The molecule has 0 spiro atoms. The van der Waals surface area contributed by atoms with E-state index in [9.17, 15) is 5.11 Å². The van der Waals surface area contributed by atoms with Crippen molar-refractivity contribution in [2.24, 2.45) is 5.73 Å². The molecule has 0 heterocycles.